The maximum absolute atomic E-state index is 10.4. The summed E-state index contributed by atoms with van der Waals surface area (Å²) in [4.78, 5) is 10.4. The maximum atomic E-state index is 10.4. The minimum Gasteiger partial charge on any atom is -0.482 e. The van der Waals surface area contributed by atoms with Crippen LogP contribution < -0.4 is 4.74 Å². The third-order valence-electron chi connectivity index (χ3n) is 2.98. The predicted octanol–water partition coefficient (Wildman–Crippen LogP) is 3.09. The van der Waals surface area contributed by atoms with Crippen molar-refractivity contribution in [2.75, 3.05) is 6.61 Å². The maximum Gasteiger partial charge on any atom is 0.341 e. The Hall–Kier alpha value is -3.57. The van der Waals surface area contributed by atoms with Crippen molar-refractivity contribution in [2.24, 2.45) is 0 Å². The van der Waals surface area contributed by atoms with Crippen molar-refractivity contribution in [3.63, 3.8) is 0 Å². The monoisotopic (exact) mass is 304 g/mol. The quantitative estimate of drug-likeness (QED) is 0.676. The highest BCUT2D eigenvalue weighted by molar-refractivity contribution is 5.89. The van der Waals surface area contributed by atoms with Crippen LogP contribution in [0.25, 0.3) is 11.6 Å². The molecule has 2 aromatic rings. The lowest BCUT2D eigenvalue weighted by atomic mass is 10.0. The van der Waals surface area contributed by atoms with E-state index in [2.05, 4.69) is 6.07 Å². The molecule has 0 fully saturated rings. The average Bonchev–Trinajstić information content (AvgIpc) is 2.58. The highest BCUT2D eigenvalue weighted by atomic mass is 16.5. The summed E-state index contributed by atoms with van der Waals surface area (Å²) in [6.07, 6.45) is 1.69. The normalized spacial score (nSPS) is 10.4. The summed E-state index contributed by atoms with van der Waals surface area (Å²) in [5.74, 6) is -0.604. The Bertz CT molecular complexity index is 825. The Kier molecular flexibility index (Phi) is 5.12. The van der Waals surface area contributed by atoms with Crippen LogP contribution >= 0.6 is 0 Å². The molecule has 0 aliphatic heterocycles. The van der Waals surface area contributed by atoms with Crippen molar-refractivity contribution < 1.29 is 14.6 Å². The van der Waals surface area contributed by atoms with E-state index in [1.54, 1.807) is 54.6 Å². The molecule has 0 amide bonds. The highest BCUT2D eigenvalue weighted by Gasteiger charge is 2.03. The van der Waals surface area contributed by atoms with Crippen molar-refractivity contribution in [3.8, 4) is 17.9 Å². The van der Waals surface area contributed by atoms with Gasteiger partial charge in [0, 0.05) is 0 Å². The third-order valence-corrected chi connectivity index (χ3v) is 2.98. The number of allylic oxidation sites excluding steroid dienone is 1. The summed E-state index contributed by atoms with van der Waals surface area (Å²) in [7, 11) is 0. The first kappa shape index (κ1) is 15.8. The van der Waals surface area contributed by atoms with E-state index in [0.717, 1.165) is 5.56 Å². The number of hydrogen-bond donors (Lipinski definition) is 1. The fourth-order valence-corrected chi connectivity index (χ4v) is 1.91. The smallest absolute Gasteiger partial charge is 0.341 e. The minimum absolute atomic E-state index is 0.403. The van der Waals surface area contributed by atoms with Crippen LogP contribution in [0.4, 0.5) is 0 Å². The number of carboxylic acid groups (broad SMARTS) is 1. The molecule has 0 aromatic heterocycles. The molecule has 0 aliphatic rings. The summed E-state index contributed by atoms with van der Waals surface area (Å²) in [5, 5.41) is 26.8. The Labute approximate surface area is 133 Å². The Morgan fingerprint density at radius 2 is 1.91 bits per heavy atom. The standard InChI is InChI=1S/C18H12N2O3/c19-10-14-2-1-3-15(9-14)16(11-20)8-13-4-6-17(7-5-13)23-12-18(21)22/h1-9H,12H2,(H,21,22). The van der Waals surface area contributed by atoms with Crippen LogP contribution in [0.15, 0.2) is 48.5 Å². The minimum atomic E-state index is -1.04. The van der Waals surface area contributed by atoms with Gasteiger partial charge in [0.05, 0.1) is 23.3 Å². The van der Waals surface area contributed by atoms with Gasteiger partial charge >= 0.3 is 5.97 Å². The molecular weight excluding hydrogens is 292 g/mol. The summed E-state index contributed by atoms with van der Waals surface area (Å²) in [5.41, 5.74) is 2.35. The number of carboxylic acids is 1. The van der Waals surface area contributed by atoms with Crippen molar-refractivity contribution in [2.45, 2.75) is 0 Å². The lowest BCUT2D eigenvalue weighted by molar-refractivity contribution is -0.139. The molecular formula is C18H12N2O3. The van der Waals surface area contributed by atoms with E-state index in [9.17, 15) is 10.1 Å². The van der Waals surface area contributed by atoms with Crippen LogP contribution in [0, 0.1) is 22.7 Å². The zero-order valence-corrected chi connectivity index (χ0v) is 12.1. The van der Waals surface area contributed by atoms with Crippen LogP contribution in [0.2, 0.25) is 0 Å². The number of carbonyl (C=O) groups is 1. The zero-order valence-electron chi connectivity index (χ0n) is 12.1. The van der Waals surface area contributed by atoms with E-state index in [4.69, 9.17) is 15.1 Å². The number of nitriles is 2. The summed E-state index contributed by atoms with van der Waals surface area (Å²) < 4.78 is 5.05. The van der Waals surface area contributed by atoms with Crippen LogP contribution in [-0.2, 0) is 4.79 Å². The zero-order chi connectivity index (χ0) is 16.7. The van der Waals surface area contributed by atoms with Crippen LogP contribution in [0.1, 0.15) is 16.7 Å². The molecule has 0 spiro atoms. The van der Waals surface area contributed by atoms with E-state index in [1.165, 1.54) is 0 Å². The number of benzene rings is 2. The van der Waals surface area contributed by atoms with Gasteiger partial charge < -0.3 is 9.84 Å². The molecule has 112 valence electrons. The fourth-order valence-electron chi connectivity index (χ4n) is 1.91. The first-order valence-electron chi connectivity index (χ1n) is 6.69. The molecule has 1 N–H and O–H groups in total. The van der Waals surface area contributed by atoms with Crippen molar-refractivity contribution >= 4 is 17.6 Å². The van der Waals surface area contributed by atoms with E-state index in [1.807, 2.05) is 6.07 Å². The molecule has 0 heterocycles. The molecule has 0 saturated carbocycles. The SMILES string of the molecule is N#CC(=Cc1ccc(OCC(=O)O)cc1)c1cccc(C#N)c1. The van der Waals surface area contributed by atoms with Gasteiger partial charge in [-0.2, -0.15) is 10.5 Å². The van der Waals surface area contributed by atoms with Gasteiger partial charge in [0.2, 0.25) is 0 Å². The van der Waals surface area contributed by atoms with Crippen molar-refractivity contribution in [1.82, 2.24) is 0 Å². The second-order valence-electron chi connectivity index (χ2n) is 4.61. The van der Waals surface area contributed by atoms with Crippen molar-refractivity contribution in [3.05, 3.63) is 65.2 Å². The molecule has 5 heteroatoms. The number of hydrogen-bond acceptors (Lipinski definition) is 4. The molecule has 0 saturated heterocycles. The topological polar surface area (TPSA) is 94.1 Å². The molecule has 2 aromatic carbocycles. The van der Waals surface area contributed by atoms with Crippen LogP contribution in [0.5, 0.6) is 5.75 Å². The van der Waals surface area contributed by atoms with Gasteiger partial charge in [0.1, 0.15) is 5.75 Å². The molecule has 5 nitrogen and oxygen atoms in total. The van der Waals surface area contributed by atoms with Crippen LogP contribution in [-0.4, -0.2) is 17.7 Å². The molecule has 2 rings (SSSR count). The average molecular weight is 304 g/mol. The Balaban J connectivity index is 2.23. The number of rotatable bonds is 5. The molecule has 0 aliphatic carbocycles. The summed E-state index contributed by atoms with van der Waals surface area (Å²) >= 11 is 0. The molecule has 0 atom stereocenters. The van der Waals surface area contributed by atoms with E-state index in [0.29, 0.717) is 22.4 Å². The third kappa shape index (κ3) is 4.45. The van der Waals surface area contributed by atoms with Gasteiger partial charge in [-0.05, 0) is 41.5 Å². The van der Waals surface area contributed by atoms with E-state index in [-0.39, 0.29) is 0 Å². The second-order valence-corrected chi connectivity index (χ2v) is 4.61. The molecule has 23 heavy (non-hydrogen) atoms. The molecule has 0 unspecified atom stereocenters. The van der Waals surface area contributed by atoms with Gasteiger partial charge in [-0.15, -0.1) is 0 Å². The first-order chi connectivity index (χ1) is 11.1. The Morgan fingerprint density at radius 3 is 2.52 bits per heavy atom. The lowest BCUT2D eigenvalue weighted by Gasteiger charge is -2.04. The van der Waals surface area contributed by atoms with Gasteiger partial charge in [-0.25, -0.2) is 4.79 Å². The largest absolute Gasteiger partial charge is 0.482 e. The van der Waals surface area contributed by atoms with E-state index < -0.39 is 12.6 Å². The van der Waals surface area contributed by atoms with Crippen LogP contribution in [0.3, 0.4) is 0 Å². The first-order valence-corrected chi connectivity index (χ1v) is 6.69. The fraction of sp³-hybridized carbons (Fsp3) is 0.0556. The lowest BCUT2D eigenvalue weighted by Crippen LogP contribution is -2.09. The second kappa shape index (κ2) is 7.44. The number of ether oxygens (including phenoxy) is 1. The predicted molar refractivity (Wildman–Crippen MR) is 84.2 cm³/mol. The van der Waals surface area contributed by atoms with Gasteiger partial charge in [-0.3, -0.25) is 0 Å². The van der Waals surface area contributed by atoms with Gasteiger partial charge in [0.25, 0.3) is 0 Å². The van der Waals surface area contributed by atoms with Crippen molar-refractivity contribution in [1.29, 1.82) is 10.5 Å². The van der Waals surface area contributed by atoms with Gasteiger partial charge in [0.15, 0.2) is 6.61 Å². The number of aliphatic carboxylic acids is 1. The summed E-state index contributed by atoms with van der Waals surface area (Å²) in [6.45, 7) is -0.403. The number of nitrogens with zero attached hydrogens (tertiary/aromatic N) is 2. The van der Waals surface area contributed by atoms with Gasteiger partial charge in [-0.1, -0.05) is 24.3 Å². The van der Waals surface area contributed by atoms with E-state index >= 15 is 0 Å². The Morgan fingerprint density at radius 1 is 1.17 bits per heavy atom. The highest BCUT2D eigenvalue weighted by Crippen LogP contribution is 2.20. The molecule has 0 radical (unpaired) electrons. The summed E-state index contributed by atoms with van der Waals surface area (Å²) in [6, 6.07) is 17.7. The molecule has 0 bridgehead atoms.